The van der Waals surface area contributed by atoms with Gasteiger partial charge in [0.15, 0.2) is 23.8 Å². The molecule has 0 saturated carbocycles. The second-order valence-electron chi connectivity index (χ2n) is 3.13. The number of aromatic nitrogens is 2. The van der Waals surface area contributed by atoms with Gasteiger partial charge in [0, 0.05) is 6.20 Å². The van der Waals surface area contributed by atoms with Crippen molar-refractivity contribution >= 4 is 12.3 Å². The van der Waals surface area contributed by atoms with Crippen LogP contribution in [0.25, 0.3) is 0 Å². The number of imidazole rings is 1. The molecule has 4 nitrogen and oxygen atoms in total. The molecule has 1 aromatic heterocycles. The van der Waals surface area contributed by atoms with Gasteiger partial charge < -0.3 is 9.84 Å². The maximum atomic E-state index is 12.4. The molecule has 1 aromatic rings. The topological polar surface area (TPSA) is 47.3 Å². The lowest BCUT2D eigenvalue weighted by Gasteiger charge is -2.35. The minimum atomic E-state index is -1.10. The summed E-state index contributed by atoms with van der Waals surface area (Å²) in [6.45, 7) is 6.12. The van der Waals surface area contributed by atoms with Gasteiger partial charge in [-0.1, -0.05) is 13.8 Å². The summed E-state index contributed by atoms with van der Waals surface area (Å²) in [4.78, 5) is 4.05. The van der Waals surface area contributed by atoms with Crippen molar-refractivity contribution in [3.05, 3.63) is 17.7 Å². The number of hydrogen-bond acceptors (Lipinski definition) is 4. The van der Waals surface area contributed by atoms with Crippen molar-refractivity contribution < 1.29 is 13.7 Å². The van der Waals surface area contributed by atoms with E-state index in [0.29, 0.717) is 11.5 Å². The molecular formula is C9H15FN2O2S. The van der Waals surface area contributed by atoms with Crippen LogP contribution in [-0.4, -0.2) is 27.3 Å². The van der Waals surface area contributed by atoms with Gasteiger partial charge in [0.05, 0.1) is 18.9 Å². The highest BCUT2D eigenvalue weighted by atomic mass is 32.2. The van der Waals surface area contributed by atoms with Crippen LogP contribution in [0.1, 0.15) is 25.4 Å². The van der Waals surface area contributed by atoms with Crippen molar-refractivity contribution in [3.8, 4) is 0 Å². The first-order chi connectivity index (χ1) is 7.15. The van der Waals surface area contributed by atoms with E-state index in [-0.39, 0.29) is 25.5 Å². The number of rotatable bonds is 2. The number of ether oxygens (including phenoxy) is 1. The van der Waals surface area contributed by atoms with Crippen LogP contribution >= 0.6 is 12.3 Å². The van der Waals surface area contributed by atoms with Gasteiger partial charge in [-0.05, 0) is 6.92 Å². The van der Waals surface area contributed by atoms with Crippen LogP contribution in [0, 0.1) is 6.92 Å². The number of aryl methyl sites for hydroxylation is 1. The lowest BCUT2D eigenvalue weighted by molar-refractivity contribution is -0.189. The van der Waals surface area contributed by atoms with Crippen LogP contribution < -0.4 is 0 Å². The summed E-state index contributed by atoms with van der Waals surface area (Å²) >= 11 is 0.0310. The maximum absolute atomic E-state index is 12.4. The van der Waals surface area contributed by atoms with E-state index in [1.54, 1.807) is 6.92 Å². The predicted octanol–water partition coefficient (Wildman–Crippen LogP) is 1.82. The molecule has 0 amide bonds. The van der Waals surface area contributed by atoms with E-state index in [1.165, 1.54) is 10.2 Å². The summed E-state index contributed by atoms with van der Waals surface area (Å²) in [5.41, 5.74) is -0.423. The van der Waals surface area contributed by atoms with Crippen molar-refractivity contribution in [3.63, 3.8) is 0 Å². The van der Waals surface area contributed by atoms with Crippen molar-refractivity contribution in [2.24, 2.45) is 0 Å². The van der Waals surface area contributed by atoms with E-state index in [4.69, 9.17) is 4.74 Å². The predicted molar refractivity (Wildman–Crippen MR) is 57.1 cm³/mol. The third-order valence-corrected chi connectivity index (χ3v) is 2.39. The SMILES string of the molecule is CC.Cc1cn(SF)c(C2(O)COC2)n1. The number of aliphatic hydroxyl groups is 1. The summed E-state index contributed by atoms with van der Waals surface area (Å²) in [6, 6.07) is 0. The first kappa shape index (κ1) is 12.5. The van der Waals surface area contributed by atoms with Gasteiger partial charge in [0.1, 0.15) is 0 Å². The zero-order valence-corrected chi connectivity index (χ0v) is 9.84. The Kier molecular flexibility index (Phi) is 4.12. The average molecular weight is 234 g/mol. The molecule has 2 heterocycles. The van der Waals surface area contributed by atoms with E-state index in [9.17, 15) is 8.99 Å². The Morgan fingerprint density at radius 1 is 1.60 bits per heavy atom. The zero-order valence-electron chi connectivity index (χ0n) is 9.03. The molecule has 6 heteroatoms. The minimum absolute atomic E-state index is 0.0310. The quantitative estimate of drug-likeness (QED) is 0.848. The van der Waals surface area contributed by atoms with Gasteiger partial charge in [0.2, 0.25) is 0 Å². The molecule has 0 bridgehead atoms. The molecule has 0 atom stereocenters. The highest BCUT2D eigenvalue weighted by Crippen LogP contribution is 2.30. The van der Waals surface area contributed by atoms with Crippen molar-refractivity contribution in [2.75, 3.05) is 13.2 Å². The van der Waals surface area contributed by atoms with E-state index >= 15 is 0 Å². The van der Waals surface area contributed by atoms with Crippen LogP contribution in [0.4, 0.5) is 3.89 Å². The molecule has 0 radical (unpaired) electrons. The molecule has 1 N–H and O–H groups in total. The van der Waals surface area contributed by atoms with Gasteiger partial charge in [-0.2, -0.15) is 0 Å². The molecule has 1 aliphatic rings. The minimum Gasteiger partial charge on any atom is -0.377 e. The lowest BCUT2D eigenvalue weighted by Crippen LogP contribution is -2.48. The molecule has 1 fully saturated rings. The monoisotopic (exact) mass is 234 g/mol. The second kappa shape index (κ2) is 4.96. The molecule has 0 unspecified atom stereocenters. The molecule has 15 heavy (non-hydrogen) atoms. The average Bonchev–Trinajstić information content (AvgIpc) is 2.59. The maximum Gasteiger partial charge on any atom is 0.170 e. The number of nitrogens with zero attached hydrogens (tertiary/aromatic N) is 2. The fraction of sp³-hybridized carbons (Fsp3) is 0.667. The second-order valence-corrected chi connectivity index (χ2v) is 3.66. The van der Waals surface area contributed by atoms with Crippen LogP contribution in [0.5, 0.6) is 0 Å². The first-order valence-electron chi connectivity index (χ1n) is 4.81. The highest BCUT2D eigenvalue weighted by Gasteiger charge is 2.42. The number of halogens is 1. The molecule has 2 rings (SSSR count). The first-order valence-corrected chi connectivity index (χ1v) is 5.49. The van der Waals surface area contributed by atoms with Crippen molar-refractivity contribution in [2.45, 2.75) is 26.4 Å². The van der Waals surface area contributed by atoms with E-state index in [0.717, 1.165) is 0 Å². The Bertz CT molecular complexity index is 326. The Labute approximate surface area is 92.9 Å². The number of hydrogen-bond donors (Lipinski definition) is 1. The van der Waals surface area contributed by atoms with E-state index in [2.05, 4.69) is 4.98 Å². The van der Waals surface area contributed by atoms with Crippen LogP contribution in [0.2, 0.25) is 0 Å². The summed E-state index contributed by atoms with van der Waals surface area (Å²) in [7, 11) is 0. The summed E-state index contributed by atoms with van der Waals surface area (Å²) in [5.74, 6) is 0.323. The Balaban J connectivity index is 0.000000531. The van der Waals surface area contributed by atoms with E-state index < -0.39 is 5.60 Å². The van der Waals surface area contributed by atoms with E-state index in [1.807, 2.05) is 13.8 Å². The highest BCUT2D eigenvalue weighted by molar-refractivity contribution is 7.92. The summed E-state index contributed by atoms with van der Waals surface area (Å²) in [5, 5.41) is 9.82. The van der Waals surface area contributed by atoms with Gasteiger partial charge >= 0.3 is 0 Å². The molecular weight excluding hydrogens is 219 g/mol. The molecule has 86 valence electrons. The van der Waals surface area contributed by atoms with Gasteiger partial charge in [-0.25, -0.2) is 8.96 Å². The molecule has 0 spiro atoms. The fourth-order valence-corrected chi connectivity index (χ4v) is 1.73. The smallest absolute Gasteiger partial charge is 0.170 e. The Morgan fingerprint density at radius 3 is 2.60 bits per heavy atom. The van der Waals surface area contributed by atoms with Gasteiger partial charge in [0.25, 0.3) is 0 Å². The molecule has 1 saturated heterocycles. The zero-order chi connectivity index (χ0) is 11.5. The lowest BCUT2D eigenvalue weighted by atomic mass is 10.0. The summed E-state index contributed by atoms with van der Waals surface area (Å²) in [6.07, 6.45) is 1.54. The molecule has 0 aromatic carbocycles. The Hall–Kier alpha value is -0.590. The largest absolute Gasteiger partial charge is 0.377 e. The normalized spacial score (nSPS) is 17.7. The standard InChI is InChI=1S/C7H9FN2O2S.C2H6/c1-5-2-10(13-8)6(9-5)7(11)3-12-4-7;1-2/h2,11H,3-4H2,1H3;1-2H3. The van der Waals surface area contributed by atoms with Gasteiger partial charge in [-0.15, -0.1) is 3.89 Å². The summed E-state index contributed by atoms with van der Waals surface area (Å²) < 4.78 is 18.5. The molecule has 1 aliphatic heterocycles. The van der Waals surface area contributed by atoms with Crippen molar-refractivity contribution in [1.82, 2.24) is 8.96 Å². The third-order valence-electron chi connectivity index (χ3n) is 1.97. The fourth-order valence-electron chi connectivity index (χ4n) is 1.26. The third kappa shape index (κ3) is 2.32. The van der Waals surface area contributed by atoms with Crippen molar-refractivity contribution in [1.29, 1.82) is 0 Å². The Morgan fingerprint density at radius 2 is 2.20 bits per heavy atom. The van der Waals surface area contributed by atoms with Gasteiger partial charge in [-0.3, -0.25) is 0 Å². The van der Waals surface area contributed by atoms with Crippen LogP contribution in [-0.2, 0) is 10.3 Å². The van der Waals surface area contributed by atoms with Crippen LogP contribution in [0.3, 0.4) is 0 Å². The van der Waals surface area contributed by atoms with Crippen LogP contribution in [0.15, 0.2) is 6.20 Å². The molecule has 0 aliphatic carbocycles.